The van der Waals surface area contributed by atoms with Crippen molar-refractivity contribution in [3.05, 3.63) is 40.4 Å². The van der Waals surface area contributed by atoms with Crippen molar-refractivity contribution in [3.63, 3.8) is 0 Å². The van der Waals surface area contributed by atoms with Crippen LogP contribution >= 0.6 is 11.3 Å². The van der Waals surface area contributed by atoms with E-state index < -0.39 is 11.6 Å². The largest absolute Gasteiger partial charge is 0.312 e. The molecule has 1 unspecified atom stereocenters. The quantitative estimate of drug-likeness (QED) is 0.918. The van der Waals surface area contributed by atoms with Gasteiger partial charge < -0.3 is 5.32 Å². The van der Waals surface area contributed by atoms with E-state index in [0.717, 1.165) is 16.6 Å². The molecule has 0 fully saturated rings. The summed E-state index contributed by atoms with van der Waals surface area (Å²) in [6.07, 6.45) is 0. The Balaban J connectivity index is 2.45. The molecule has 1 aromatic heterocycles. The highest BCUT2D eigenvalue weighted by atomic mass is 32.1. The SMILES string of the molecule is CNC(C)c1sc(-c2ccc(F)cc2F)nc1C. The van der Waals surface area contributed by atoms with E-state index in [0.29, 0.717) is 10.6 Å². The van der Waals surface area contributed by atoms with E-state index in [4.69, 9.17) is 0 Å². The van der Waals surface area contributed by atoms with Gasteiger partial charge in [-0.1, -0.05) is 0 Å². The van der Waals surface area contributed by atoms with Gasteiger partial charge in [-0.05, 0) is 33.0 Å². The van der Waals surface area contributed by atoms with Crippen molar-refractivity contribution in [2.75, 3.05) is 7.05 Å². The third-order valence-corrected chi connectivity index (χ3v) is 4.19. The van der Waals surface area contributed by atoms with Crippen LogP contribution in [0.1, 0.15) is 23.5 Å². The third-order valence-electron chi connectivity index (χ3n) is 2.82. The van der Waals surface area contributed by atoms with Crippen molar-refractivity contribution in [3.8, 4) is 10.6 Å². The number of benzene rings is 1. The number of rotatable bonds is 3. The number of aryl methyl sites for hydroxylation is 1. The molecule has 18 heavy (non-hydrogen) atoms. The van der Waals surface area contributed by atoms with Crippen LogP contribution in [-0.2, 0) is 0 Å². The molecule has 2 aromatic rings. The number of halogens is 2. The third kappa shape index (κ3) is 2.42. The Morgan fingerprint density at radius 1 is 1.33 bits per heavy atom. The van der Waals surface area contributed by atoms with Gasteiger partial charge in [-0.3, -0.25) is 0 Å². The van der Waals surface area contributed by atoms with Gasteiger partial charge in [0.15, 0.2) is 0 Å². The van der Waals surface area contributed by atoms with E-state index >= 15 is 0 Å². The first-order valence-electron chi connectivity index (χ1n) is 5.63. The Labute approximate surface area is 109 Å². The fourth-order valence-electron chi connectivity index (χ4n) is 1.72. The zero-order valence-electron chi connectivity index (χ0n) is 10.4. The summed E-state index contributed by atoms with van der Waals surface area (Å²) in [5.41, 5.74) is 1.22. The number of aromatic nitrogens is 1. The molecule has 0 saturated carbocycles. The first kappa shape index (κ1) is 13.1. The average Bonchev–Trinajstić information content (AvgIpc) is 2.70. The number of nitrogens with one attached hydrogen (secondary N) is 1. The number of hydrogen-bond acceptors (Lipinski definition) is 3. The molecule has 0 amide bonds. The first-order chi connectivity index (χ1) is 8.52. The minimum Gasteiger partial charge on any atom is -0.312 e. The molecule has 0 radical (unpaired) electrons. The normalized spacial score (nSPS) is 12.7. The van der Waals surface area contributed by atoms with Gasteiger partial charge in [0.05, 0.1) is 5.69 Å². The van der Waals surface area contributed by atoms with Crippen LogP contribution in [0.2, 0.25) is 0 Å². The van der Waals surface area contributed by atoms with Crippen LogP contribution in [0.3, 0.4) is 0 Å². The molecule has 2 nitrogen and oxygen atoms in total. The topological polar surface area (TPSA) is 24.9 Å². The number of thiazole rings is 1. The summed E-state index contributed by atoms with van der Waals surface area (Å²) < 4.78 is 26.5. The maximum absolute atomic E-state index is 13.7. The second-order valence-corrected chi connectivity index (χ2v) is 5.13. The lowest BCUT2D eigenvalue weighted by Gasteiger charge is -2.06. The average molecular weight is 268 g/mol. The lowest BCUT2D eigenvalue weighted by atomic mass is 10.2. The van der Waals surface area contributed by atoms with Crippen LogP contribution in [0, 0.1) is 18.6 Å². The van der Waals surface area contributed by atoms with E-state index in [1.807, 2.05) is 20.9 Å². The van der Waals surface area contributed by atoms with Crippen molar-refractivity contribution in [2.45, 2.75) is 19.9 Å². The van der Waals surface area contributed by atoms with Crippen molar-refractivity contribution < 1.29 is 8.78 Å². The molecule has 0 bridgehead atoms. The molecular formula is C13H14F2N2S. The summed E-state index contributed by atoms with van der Waals surface area (Å²) in [6.45, 7) is 3.91. The zero-order valence-corrected chi connectivity index (χ0v) is 11.2. The Morgan fingerprint density at radius 3 is 2.67 bits per heavy atom. The summed E-state index contributed by atoms with van der Waals surface area (Å²) in [4.78, 5) is 5.42. The van der Waals surface area contributed by atoms with Crippen molar-refractivity contribution in [1.82, 2.24) is 10.3 Å². The molecule has 0 spiro atoms. The first-order valence-corrected chi connectivity index (χ1v) is 6.44. The maximum Gasteiger partial charge on any atom is 0.136 e. The van der Waals surface area contributed by atoms with Gasteiger partial charge in [-0.25, -0.2) is 13.8 Å². The number of hydrogen-bond donors (Lipinski definition) is 1. The molecule has 1 heterocycles. The van der Waals surface area contributed by atoms with E-state index in [1.54, 1.807) is 0 Å². The smallest absolute Gasteiger partial charge is 0.136 e. The molecule has 1 N–H and O–H groups in total. The Bertz CT molecular complexity index is 566. The summed E-state index contributed by atoms with van der Waals surface area (Å²) in [5.74, 6) is -1.15. The maximum atomic E-state index is 13.7. The van der Waals surface area contributed by atoms with Crippen molar-refractivity contribution in [2.24, 2.45) is 0 Å². The van der Waals surface area contributed by atoms with Crippen LogP contribution < -0.4 is 5.32 Å². The van der Waals surface area contributed by atoms with Gasteiger partial charge in [0.1, 0.15) is 16.6 Å². The monoisotopic (exact) mass is 268 g/mol. The van der Waals surface area contributed by atoms with Crippen molar-refractivity contribution >= 4 is 11.3 Å². The second kappa shape index (κ2) is 5.12. The van der Waals surface area contributed by atoms with Crippen LogP contribution in [0.15, 0.2) is 18.2 Å². The lowest BCUT2D eigenvalue weighted by Crippen LogP contribution is -2.11. The molecule has 0 aliphatic carbocycles. The fraction of sp³-hybridized carbons (Fsp3) is 0.308. The highest BCUT2D eigenvalue weighted by Gasteiger charge is 2.16. The molecule has 2 rings (SSSR count). The summed E-state index contributed by atoms with van der Waals surface area (Å²) in [7, 11) is 1.86. The fourth-order valence-corrected chi connectivity index (χ4v) is 2.87. The van der Waals surface area contributed by atoms with Crippen LogP contribution in [0.4, 0.5) is 8.78 Å². The van der Waals surface area contributed by atoms with Gasteiger partial charge in [-0.15, -0.1) is 11.3 Å². The molecule has 5 heteroatoms. The Kier molecular flexibility index (Phi) is 3.73. The van der Waals surface area contributed by atoms with Crippen molar-refractivity contribution in [1.29, 1.82) is 0 Å². The van der Waals surface area contributed by atoms with Gasteiger partial charge >= 0.3 is 0 Å². The molecule has 1 aromatic carbocycles. The van der Waals surface area contributed by atoms with E-state index in [9.17, 15) is 8.78 Å². The molecular weight excluding hydrogens is 254 g/mol. The standard InChI is InChI=1S/C13H14F2N2S/c1-7(16-3)12-8(2)17-13(18-12)10-5-4-9(14)6-11(10)15/h4-7,16H,1-3H3. The summed E-state index contributed by atoms with van der Waals surface area (Å²) in [5, 5.41) is 3.71. The van der Waals surface area contributed by atoms with Crippen LogP contribution in [-0.4, -0.2) is 12.0 Å². The molecule has 0 aliphatic rings. The van der Waals surface area contributed by atoms with Crippen LogP contribution in [0.5, 0.6) is 0 Å². The molecule has 0 saturated heterocycles. The predicted molar refractivity (Wildman–Crippen MR) is 69.7 cm³/mol. The minimum absolute atomic E-state index is 0.166. The summed E-state index contributed by atoms with van der Waals surface area (Å²) in [6, 6.07) is 3.72. The highest BCUT2D eigenvalue weighted by Crippen LogP contribution is 2.33. The van der Waals surface area contributed by atoms with E-state index in [1.165, 1.54) is 23.5 Å². The predicted octanol–water partition coefficient (Wildman–Crippen LogP) is 3.68. The molecule has 1 atom stereocenters. The van der Waals surface area contributed by atoms with Crippen LogP contribution in [0.25, 0.3) is 10.6 Å². The number of nitrogens with zero attached hydrogens (tertiary/aromatic N) is 1. The minimum atomic E-state index is -0.576. The summed E-state index contributed by atoms with van der Waals surface area (Å²) >= 11 is 1.43. The molecule has 0 aliphatic heterocycles. The highest BCUT2D eigenvalue weighted by molar-refractivity contribution is 7.15. The Hall–Kier alpha value is -1.33. The Morgan fingerprint density at radius 2 is 2.06 bits per heavy atom. The molecule has 96 valence electrons. The lowest BCUT2D eigenvalue weighted by molar-refractivity contribution is 0.585. The zero-order chi connectivity index (χ0) is 13.3. The van der Waals surface area contributed by atoms with E-state index in [-0.39, 0.29) is 6.04 Å². The van der Waals surface area contributed by atoms with Gasteiger partial charge in [0, 0.05) is 22.5 Å². The van der Waals surface area contributed by atoms with Gasteiger partial charge in [-0.2, -0.15) is 0 Å². The van der Waals surface area contributed by atoms with Gasteiger partial charge in [0.2, 0.25) is 0 Å². The van der Waals surface area contributed by atoms with Gasteiger partial charge in [0.25, 0.3) is 0 Å². The van der Waals surface area contributed by atoms with E-state index in [2.05, 4.69) is 10.3 Å². The second-order valence-electron chi connectivity index (χ2n) is 4.10.